The molecule has 0 aliphatic heterocycles. The van der Waals surface area contributed by atoms with Gasteiger partial charge in [0.1, 0.15) is 5.75 Å². The van der Waals surface area contributed by atoms with Gasteiger partial charge in [0.15, 0.2) is 0 Å². The van der Waals surface area contributed by atoms with E-state index in [1.165, 1.54) is 31.4 Å². The summed E-state index contributed by atoms with van der Waals surface area (Å²) in [5.74, 6) is -1.14. The number of hydrogen-bond acceptors (Lipinski definition) is 4. The number of esters is 1. The van der Waals surface area contributed by atoms with Crippen molar-refractivity contribution in [1.82, 2.24) is 0 Å². The van der Waals surface area contributed by atoms with Gasteiger partial charge >= 0.3 is 11.9 Å². The predicted molar refractivity (Wildman–Crippen MR) is 77.6 cm³/mol. The van der Waals surface area contributed by atoms with Crippen molar-refractivity contribution in [3.05, 3.63) is 65.2 Å². The Kier molecular flexibility index (Phi) is 5.95. The van der Waals surface area contributed by atoms with E-state index in [2.05, 4.69) is 4.74 Å². The molecule has 0 unspecified atom stereocenters. The van der Waals surface area contributed by atoms with Gasteiger partial charge in [-0.15, -0.1) is 0 Å². The lowest BCUT2D eigenvalue weighted by Crippen LogP contribution is -1.99. The Morgan fingerprint density at radius 2 is 1.38 bits per heavy atom. The fraction of sp³-hybridized carbons (Fsp3) is 0.125. The van der Waals surface area contributed by atoms with Crippen LogP contribution in [0.3, 0.4) is 0 Å². The maximum absolute atomic E-state index is 10.8. The summed E-state index contributed by atoms with van der Waals surface area (Å²) in [5, 5.41) is 17.3. The number of phenolic OH excluding ortho intramolecular Hbond substituents is 1. The van der Waals surface area contributed by atoms with E-state index in [1.54, 1.807) is 24.3 Å². The first kappa shape index (κ1) is 16.2. The van der Waals surface area contributed by atoms with Crippen LogP contribution < -0.4 is 0 Å². The Labute approximate surface area is 122 Å². The SMILES string of the molecule is COC(=O)c1ccc(O)cc1.Cc1ccc(C(=O)O)cc1. The molecular formula is C16H16O5. The molecule has 5 nitrogen and oxygen atoms in total. The first-order valence-corrected chi connectivity index (χ1v) is 6.11. The Hall–Kier alpha value is -2.82. The first-order chi connectivity index (χ1) is 9.93. The molecule has 21 heavy (non-hydrogen) atoms. The molecule has 2 rings (SSSR count). The van der Waals surface area contributed by atoms with Gasteiger partial charge in [-0.3, -0.25) is 0 Å². The van der Waals surface area contributed by atoms with E-state index in [4.69, 9.17) is 10.2 Å². The number of aryl methyl sites for hydroxylation is 1. The Morgan fingerprint density at radius 3 is 1.81 bits per heavy atom. The number of benzene rings is 2. The second kappa shape index (κ2) is 7.69. The minimum absolute atomic E-state index is 0.137. The molecule has 0 aliphatic rings. The molecule has 0 atom stereocenters. The number of carboxylic acid groups (broad SMARTS) is 1. The minimum atomic E-state index is -0.875. The number of methoxy groups -OCH3 is 1. The number of carbonyl (C=O) groups is 2. The van der Waals surface area contributed by atoms with Crippen LogP contribution in [0.4, 0.5) is 0 Å². The molecule has 0 aliphatic carbocycles. The summed E-state index contributed by atoms with van der Waals surface area (Å²) >= 11 is 0. The fourth-order valence-electron chi connectivity index (χ4n) is 1.41. The monoisotopic (exact) mass is 288 g/mol. The molecule has 0 amide bonds. The highest BCUT2D eigenvalue weighted by atomic mass is 16.5. The van der Waals surface area contributed by atoms with Gasteiger partial charge in [-0.05, 0) is 43.3 Å². The molecule has 0 fully saturated rings. The number of rotatable bonds is 2. The van der Waals surface area contributed by atoms with Crippen LogP contribution in [-0.4, -0.2) is 29.3 Å². The van der Waals surface area contributed by atoms with E-state index in [0.29, 0.717) is 11.1 Å². The molecule has 0 spiro atoms. The smallest absolute Gasteiger partial charge is 0.337 e. The molecule has 0 saturated heterocycles. The van der Waals surface area contributed by atoms with Crippen LogP contribution in [0, 0.1) is 6.92 Å². The molecule has 110 valence electrons. The molecular weight excluding hydrogens is 272 g/mol. The third-order valence-corrected chi connectivity index (χ3v) is 2.59. The summed E-state index contributed by atoms with van der Waals surface area (Å²) < 4.78 is 4.46. The van der Waals surface area contributed by atoms with Crippen molar-refractivity contribution in [2.45, 2.75) is 6.92 Å². The van der Waals surface area contributed by atoms with E-state index >= 15 is 0 Å². The summed E-state index contributed by atoms with van der Waals surface area (Å²) in [6.45, 7) is 1.92. The van der Waals surface area contributed by atoms with Crippen molar-refractivity contribution in [3.8, 4) is 5.75 Å². The highest BCUT2D eigenvalue weighted by Gasteiger charge is 2.02. The highest BCUT2D eigenvalue weighted by molar-refractivity contribution is 5.89. The van der Waals surface area contributed by atoms with Gasteiger partial charge in [-0.2, -0.15) is 0 Å². The maximum atomic E-state index is 10.8. The number of carbonyl (C=O) groups excluding carboxylic acids is 1. The van der Waals surface area contributed by atoms with Crippen LogP contribution in [0.15, 0.2) is 48.5 Å². The van der Waals surface area contributed by atoms with Crippen molar-refractivity contribution < 1.29 is 24.5 Å². The molecule has 0 bridgehead atoms. The maximum Gasteiger partial charge on any atom is 0.337 e. The second-order valence-corrected chi connectivity index (χ2v) is 4.21. The Morgan fingerprint density at radius 1 is 0.905 bits per heavy atom. The Bertz CT molecular complexity index is 600. The van der Waals surface area contributed by atoms with Gasteiger partial charge < -0.3 is 14.9 Å². The molecule has 0 heterocycles. The zero-order valence-corrected chi connectivity index (χ0v) is 11.7. The number of aromatic hydroxyl groups is 1. The van der Waals surface area contributed by atoms with Gasteiger partial charge in [-0.25, -0.2) is 9.59 Å². The molecule has 5 heteroatoms. The average molecular weight is 288 g/mol. The zero-order chi connectivity index (χ0) is 15.8. The van der Waals surface area contributed by atoms with E-state index in [1.807, 2.05) is 6.92 Å². The van der Waals surface area contributed by atoms with E-state index in [-0.39, 0.29) is 5.75 Å². The topological polar surface area (TPSA) is 83.8 Å². The van der Waals surface area contributed by atoms with Gasteiger partial charge in [0.2, 0.25) is 0 Å². The molecule has 2 aromatic carbocycles. The van der Waals surface area contributed by atoms with E-state index in [9.17, 15) is 9.59 Å². The van der Waals surface area contributed by atoms with Gasteiger partial charge in [0.25, 0.3) is 0 Å². The van der Waals surface area contributed by atoms with Crippen LogP contribution in [0.25, 0.3) is 0 Å². The zero-order valence-electron chi connectivity index (χ0n) is 11.7. The lowest BCUT2D eigenvalue weighted by molar-refractivity contribution is 0.0599. The number of hydrogen-bond donors (Lipinski definition) is 2. The van der Waals surface area contributed by atoms with Gasteiger partial charge in [-0.1, -0.05) is 17.7 Å². The summed E-state index contributed by atoms with van der Waals surface area (Å²) in [4.78, 5) is 21.1. The summed E-state index contributed by atoms with van der Waals surface area (Å²) in [7, 11) is 1.31. The van der Waals surface area contributed by atoms with Crippen molar-refractivity contribution >= 4 is 11.9 Å². The summed E-state index contributed by atoms with van der Waals surface area (Å²) in [6, 6.07) is 12.6. The standard InChI is InChI=1S/C8H8O3.C8H8O2/c1-11-8(10)6-2-4-7(9)5-3-6;1-6-2-4-7(5-3-6)8(9)10/h2-5,9H,1H3;2-5H,1H3,(H,9,10). The molecule has 0 saturated carbocycles. The largest absolute Gasteiger partial charge is 0.508 e. The normalized spacial score (nSPS) is 9.24. The lowest BCUT2D eigenvalue weighted by atomic mass is 10.2. The van der Waals surface area contributed by atoms with Crippen molar-refractivity contribution in [2.24, 2.45) is 0 Å². The fourth-order valence-corrected chi connectivity index (χ4v) is 1.41. The van der Waals surface area contributed by atoms with Gasteiger partial charge in [0, 0.05) is 0 Å². The molecule has 0 radical (unpaired) electrons. The second-order valence-electron chi connectivity index (χ2n) is 4.21. The predicted octanol–water partition coefficient (Wildman–Crippen LogP) is 2.87. The van der Waals surface area contributed by atoms with E-state index < -0.39 is 11.9 Å². The van der Waals surface area contributed by atoms with Crippen LogP contribution in [-0.2, 0) is 4.74 Å². The van der Waals surface area contributed by atoms with Crippen molar-refractivity contribution in [2.75, 3.05) is 7.11 Å². The number of aromatic carboxylic acids is 1. The van der Waals surface area contributed by atoms with Crippen molar-refractivity contribution in [1.29, 1.82) is 0 Å². The molecule has 0 aromatic heterocycles. The highest BCUT2D eigenvalue weighted by Crippen LogP contribution is 2.09. The molecule has 2 aromatic rings. The Balaban J connectivity index is 0.000000211. The van der Waals surface area contributed by atoms with Crippen LogP contribution in [0.2, 0.25) is 0 Å². The first-order valence-electron chi connectivity index (χ1n) is 6.11. The number of phenols is 1. The summed E-state index contributed by atoms with van der Waals surface area (Å²) in [5.41, 5.74) is 1.85. The van der Waals surface area contributed by atoms with Crippen LogP contribution in [0.5, 0.6) is 5.75 Å². The lowest BCUT2D eigenvalue weighted by Gasteiger charge is -1.97. The molecule has 2 N–H and O–H groups in total. The number of ether oxygens (including phenoxy) is 1. The quantitative estimate of drug-likeness (QED) is 0.830. The van der Waals surface area contributed by atoms with Crippen molar-refractivity contribution in [3.63, 3.8) is 0 Å². The summed E-state index contributed by atoms with van der Waals surface area (Å²) in [6.07, 6.45) is 0. The third-order valence-electron chi connectivity index (χ3n) is 2.59. The minimum Gasteiger partial charge on any atom is -0.508 e. The van der Waals surface area contributed by atoms with E-state index in [0.717, 1.165) is 5.56 Å². The van der Waals surface area contributed by atoms with Crippen LogP contribution in [0.1, 0.15) is 26.3 Å². The third kappa shape index (κ3) is 5.36. The van der Waals surface area contributed by atoms with Crippen LogP contribution >= 0.6 is 0 Å². The van der Waals surface area contributed by atoms with Gasteiger partial charge in [0.05, 0.1) is 18.2 Å². The average Bonchev–Trinajstić information content (AvgIpc) is 2.48. The number of carboxylic acids is 1.